The molecule has 0 saturated carbocycles. The van der Waals surface area contributed by atoms with Crippen molar-refractivity contribution >= 4 is 22.9 Å². The molecule has 0 radical (unpaired) electrons. The summed E-state index contributed by atoms with van der Waals surface area (Å²) in [5, 5.41) is 6.40. The third-order valence-corrected chi connectivity index (χ3v) is 5.12. The second-order valence-electron chi connectivity index (χ2n) is 6.15. The molecule has 1 N–H and O–H groups in total. The SMILES string of the molecule is Cc1oc(-c2cccs2)nc1CNC(c1ccc(Cl)cc1)C(C)C. The number of thiophene rings is 1. The van der Waals surface area contributed by atoms with E-state index in [-0.39, 0.29) is 6.04 Å². The van der Waals surface area contributed by atoms with Crippen LogP contribution in [-0.4, -0.2) is 4.98 Å². The molecule has 0 aliphatic carbocycles. The molecule has 0 saturated heterocycles. The standard InChI is InChI=1S/C19H21ClN2OS/c1-12(2)18(14-6-8-15(20)9-7-14)21-11-16-13(3)23-19(22-16)17-5-4-10-24-17/h4-10,12,18,21H,11H2,1-3H3. The Labute approximate surface area is 151 Å². The fourth-order valence-corrected chi connectivity index (χ4v) is 3.49. The van der Waals surface area contributed by atoms with E-state index in [1.54, 1.807) is 11.3 Å². The van der Waals surface area contributed by atoms with Gasteiger partial charge >= 0.3 is 0 Å². The van der Waals surface area contributed by atoms with E-state index in [0.29, 0.717) is 18.4 Å². The van der Waals surface area contributed by atoms with E-state index >= 15 is 0 Å². The lowest BCUT2D eigenvalue weighted by Crippen LogP contribution is -2.25. The van der Waals surface area contributed by atoms with E-state index in [1.807, 2.05) is 36.6 Å². The lowest BCUT2D eigenvalue weighted by molar-refractivity contribution is 0.407. The molecule has 24 heavy (non-hydrogen) atoms. The van der Waals surface area contributed by atoms with Gasteiger partial charge in [-0.05, 0) is 42.0 Å². The highest BCUT2D eigenvalue weighted by Gasteiger charge is 2.18. The molecule has 2 heterocycles. The monoisotopic (exact) mass is 360 g/mol. The minimum absolute atomic E-state index is 0.239. The zero-order valence-corrected chi connectivity index (χ0v) is 15.6. The topological polar surface area (TPSA) is 38.1 Å². The summed E-state index contributed by atoms with van der Waals surface area (Å²) >= 11 is 7.64. The third-order valence-electron chi connectivity index (χ3n) is 4.01. The molecule has 0 bridgehead atoms. The average molecular weight is 361 g/mol. The van der Waals surface area contributed by atoms with Crippen LogP contribution < -0.4 is 5.32 Å². The van der Waals surface area contributed by atoms with Crippen molar-refractivity contribution in [1.82, 2.24) is 10.3 Å². The summed E-state index contributed by atoms with van der Waals surface area (Å²) in [6.07, 6.45) is 0. The van der Waals surface area contributed by atoms with Crippen LogP contribution in [0, 0.1) is 12.8 Å². The summed E-state index contributed by atoms with van der Waals surface area (Å²) in [7, 11) is 0. The molecule has 126 valence electrons. The molecule has 3 rings (SSSR count). The van der Waals surface area contributed by atoms with Crippen LogP contribution in [0.3, 0.4) is 0 Å². The van der Waals surface area contributed by atoms with E-state index in [0.717, 1.165) is 21.4 Å². The predicted molar refractivity (Wildman–Crippen MR) is 100 cm³/mol. The van der Waals surface area contributed by atoms with Crippen molar-refractivity contribution in [2.75, 3.05) is 0 Å². The number of halogens is 1. The second kappa shape index (κ2) is 7.51. The minimum Gasteiger partial charge on any atom is -0.440 e. The van der Waals surface area contributed by atoms with Crippen LogP contribution >= 0.6 is 22.9 Å². The summed E-state index contributed by atoms with van der Waals surface area (Å²) in [5.41, 5.74) is 2.19. The lowest BCUT2D eigenvalue weighted by atomic mass is 9.96. The van der Waals surface area contributed by atoms with Gasteiger partial charge in [-0.1, -0.05) is 43.6 Å². The Bertz CT molecular complexity index is 778. The molecule has 1 unspecified atom stereocenters. The minimum atomic E-state index is 0.239. The molecule has 1 atom stereocenters. The van der Waals surface area contributed by atoms with Gasteiger partial charge in [0.1, 0.15) is 5.76 Å². The van der Waals surface area contributed by atoms with Crippen LogP contribution in [-0.2, 0) is 6.54 Å². The largest absolute Gasteiger partial charge is 0.440 e. The quantitative estimate of drug-likeness (QED) is 0.599. The number of nitrogens with zero attached hydrogens (tertiary/aromatic N) is 1. The van der Waals surface area contributed by atoms with Crippen LogP contribution in [0.15, 0.2) is 46.2 Å². The van der Waals surface area contributed by atoms with Gasteiger partial charge in [-0.15, -0.1) is 11.3 Å². The van der Waals surface area contributed by atoms with Crippen molar-refractivity contribution in [2.24, 2.45) is 5.92 Å². The predicted octanol–water partition coefficient (Wildman–Crippen LogP) is 5.85. The zero-order valence-electron chi connectivity index (χ0n) is 14.0. The van der Waals surface area contributed by atoms with Gasteiger partial charge in [0.25, 0.3) is 0 Å². The van der Waals surface area contributed by atoms with Crippen LogP contribution in [0.25, 0.3) is 10.8 Å². The van der Waals surface area contributed by atoms with Crippen LogP contribution in [0.4, 0.5) is 0 Å². The van der Waals surface area contributed by atoms with Crippen LogP contribution in [0.1, 0.15) is 36.9 Å². The second-order valence-corrected chi connectivity index (χ2v) is 7.54. The maximum absolute atomic E-state index is 6.00. The highest BCUT2D eigenvalue weighted by Crippen LogP contribution is 2.27. The third kappa shape index (κ3) is 3.89. The van der Waals surface area contributed by atoms with Crippen LogP contribution in [0.5, 0.6) is 0 Å². The Morgan fingerprint density at radius 3 is 2.58 bits per heavy atom. The van der Waals surface area contributed by atoms with Gasteiger partial charge < -0.3 is 9.73 Å². The molecule has 0 spiro atoms. The maximum Gasteiger partial charge on any atom is 0.236 e. The van der Waals surface area contributed by atoms with E-state index in [2.05, 4.69) is 36.3 Å². The van der Waals surface area contributed by atoms with Crippen molar-refractivity contribution in [3.63, 3.8) is 0 Å². The number of aryl methyl sites for hydroxylation is 1. The molecule has 0 amide bonds. The summed E-state index contributed by atoms with van der Waals surface area (Å²) < 4.78 is 5.82. The first-order valence-electron chi connectivity index (χ1n) is 8.03. The molecule has 2 aromatic heterocycles. The summed E-state index contributed by atoms with van der Waals surface area (Å²) in [6, 6.07) is 12.3. The van der Waals surface area contributed by atoms with Crippen molar-refractivity contribution < 1.29 is 4.42 Å². The molecule has 5 heteroatoms. The van der Waals surface area contributed by atoms with Gasteiger partial charge in [-0.25, -0.2) is 4.98 Å². The fraction of sp³-hybridized carbons (Fsp3) is 0.316. The molecular weight excluding hydrogens is 340 g/mol. The van der Waals surface area contributed by atoms with Gasteiger partial charge in [0, 0.05) is 17.6 Å². The number of rotatable bonds is 6. The van der Waals surface area contributed by atoms with E-state index in [9.17, 15) is 0 Å². The molecule has 0 fully saturated rings. The van der Waals surface area contributed by atoms with Crippen molar-refractivity contribution in [2.45, 2.75) is 33.4 Å². The van der Waals surface area contributed by atoms with Gasteiger partial charge in [-0.3, -0.25) is 0 Å². The number of hydrogen-bond acceptors (Lipinski definition) is 4. The Morgan fingerprint density at radius 2 is 1.96 bits per heavy atom. The first-order chi connectivity index (χ1) is 11.5. The van der Waals surface area contributed by atoms with Gasteiger partial charge in [0.2, 0.25) is 5.89 Å². The van der Waals surface area contributed by atoms with Crippen molar-refractivity contribution in [3.05, 3.63) is 63.8 Å². The average Bonchev–Trinajstić information content (AvgIpc) is 3.19. The Kier molecular flexibility index (Phi) is 5.39. The van der Waals surface area contributed by atoms with Gasteiger partial charge in [0.05, 0.1) is 10.6 Å². The molecular formula is C19H21ClN2OS. The first kappa shape index (κ1) is 17.2. The Balaban J connectivity index is 1.74. The zero-order chi connectivity index (χ0) is 17.1. The summed E-state index contributed by atoms with van der Waals surface area (Å²) in [6.45, 7) is 7.05. The lowest BCUT2D eigenvalue weighted by Gasteiger charge is -2.22. The van der Waals surface area contributed by atoms with E-state index in [4.69, 9.17) is 16.0 Å². The van der Waals surface area contributed by atoms with E-state index in [1.165, 1.54) is 5.56 Å². The van der Waals surface area contributed by atoms with Gasteiger partial charge in [-0.2, -0.15) is 0 Å². The number of aromatic nitrogens is 1. The molecule has 3 aromatic rings. The maximum atomic E-state index is 6.00. The molecule has 0 aliphatic heterocycles. The molecule has 0 aliphatic rings. The smallest absolute Gasteiger partial charge is 0.236 e. The highest BCUT2D eigenvalue weighted by molar-refractivity contribution is 7.13. The van der Waals surface area contributed by atoms with Crippen molar-refractivity contribution in [3.8, 4) is 10.8 Å². The van der Waals surface area contributed by atoms with Crippen molar-refractivity contribution in [1.29, 1.82) is 0 Å². The number of hydrogen-bond donors (Lipinski definition) is 1. The number of oxazole rings is 1. The van der Waals surface area contributed by atoms with Gasteiger partial charge in [0.15, 0.2) is 0 Å². The number of nitrogens with one attached hydrogen (secondary N) is 1. The normalized spacial score (nSPS) is 12.7. The van der Waals surface area contributed by atoms with E-state index < -0.39 is 0 Å². The summed E-state index contributed by atoms with van der Waals surface area (Å²) in [5.74, 6) is 2.02. The highest BCUT2D eigenvalue weighted by atomic mass is 35.5. The summed E-state index contributed by atoms with van der Waals surface area (Å²) in [4.78, 5) is 5.71. The Hall–Kier alpha value is -1.62. The fourth-order valence-electron chi connectivity index (χ4n) is 2.71. The first-order valence-corrected chi connectivity index (χ1v) is 9.29. The molecule has 3 nitrogen and oxygen atoms in total. The Morgan fingerprint density at radius 1 is 1.21 bits per heavy atom. The van der Waals surface area contributed by atoms with Crippen LogP contribution in [0.2, 0.25) is 5.02 Å². The number of benzene rings is 1. The molecule has 1 aromatic carbocycles.